The Morgan fingerprint density at radius 2 is 1.82 bits per heavy atom. The molecule has 1 atom stereocenters. The van der Waals surface area contributed by atoms with Crippen molar-refractivity contribution in [3.63, 3.8) is 0 Å². The summed E-state index contributed by atoms with van der Waals surface area (Å²) in [6.07, 6.45) is 0. The van der Waals surface area contributed by atoms with E-state index in [0.717, 1.165) is 18.7 Å². The van der Waals surface area contributed by atoms with Gasteiger partial charge in [-0.05, 0) is 40.3 Å². The standard InChI is InChI=1S/C23H27N7O3S/c1-29-23(26-27-28-29)34-16-21(31)24-19-9-7-18(8-10-19)22(32)25-20(17-5-3-2-4-6-17)15-30-11-13-33-14-12-30/h2-10,20H,11-16H2,1H3,(H,24,31)(H,25,32). The van der Waals surface area contributed by atoms with Crippen molar-refractivity contribution in [1.29, 1.82) is 0 Å². The van der Waals surface area contributed by atoms with Crippen molar-refractivity contribution in [2.75, 3.05) is 43.9 Å². The van der Waals surface area contributed by atoms with Crippen LogP contribution in [0.4, 0.5) is 5.69 Å². The van der Waals surface area contributed by atoms with Crippen molar-refractivity contribution in [3.8, 4) is 0 Å². The van der Waals surface area contributed by atoms with Crippen LogP contribution in [-0.4, -0.2) is 75.5 Å². The molecule has 2 heterocycles. The van der Waals surface area contributed by atoms with Gasteiger partial charge in [-0.25, -0.2) is 4.68 Å². The normalized spacial score (nSPS) is 15.0. The summed E-state index contributed by atoms with van der Waals surface area (Å²) in [5.41, 5.74) is 2.20. The Labute approximate surface area is 202 Å². The zero-order valence-electron chi connectivity index (χ0n) is 18.9. The Bertz CT molecular complexity index is 1090. The molecule has 1 aliphatic heterocycles. The van der Waals surface area contributed by atoms with Crippen molar-refractivity contribution < 1.29 is 14.3 Å². The Morgan fingerprint density at radius 3 is 2.50 bits per heavy atom. The number of morpholine rings is 1. The molecule has 0 bridgehead atoms. The number of hydrogen-bond acceptors (Lipinski definition) is 8. The largest absolute Gasteiger partial charge is 0.379 e. The first-order chi connectivity index (χ1) is 16.6. The molecular formula is C23H27N7O3S. The molecule has 1 saturated heterocycles. The predicted octanol–water partition coefficient (Wildman–Crippen LogP) is 1.74. The smallest absolute Gasteiger partial charge is 0.251 e. The van der Waals surface area contributed by atoms with Gasteiger partial charge in [0.2, 0.25) is 11.1 Å². The summed E-state index contributed by atoms with van der Waals surface area (Å²) in [6, 6.07) is 16.7. The molecule has 2 aromatic carbocycles. The van der Waals surface area contributed by atoms with E-state index in [4.69, 9.17) is 4.74 Å². The average Bonchev–Trinajstić information content (AvgIpc) is 3.28. The molecule has 1 fully saturated rings. The van der Waals surface area contributed by atoms with E-state index in [9.17, 15) is 9.59 Å². The molecule has 34 heavy (non-hydrogen) atoms. The Hall–Kier alpha value is -3.28. The maximum Gasteiger partial charge on any atom is 0.251 e. The molecule has 1 unspecified atom stereocenters. The van der Waals surface area contributed by atoms with E-state index in [-0.39, 0.29) is 23.6 Å². The van der Waals surface area contributed by atoms with Crippen molar-refractivity contribution in [2.45, 2.75) is 11.2 Å². The van der Waals surface area contributed by atoms with E-state index < -0.39 is 0 Å². The zero-order valence-corrected chi connectivity index (χ0v) is 19.7. The molecule has 0 aliphatic carbocycles. The van der Waals surface area contributed by atoms with Gasteiger partial charge in [0.1, 0.15) is 0 Å². The summed E-state index contributed by atoms with van der Waals surface area (Å²) in [5, 5.41) is 17.7. The molecular weight excluding hydrogens is 454 g/mol. The number of tetrazole rings is 1. The molecule has 1 aliphatic rings. The molecule has 4 rings (SSSR count). The van der Waals surface area contributed by atoms with Crippen molar-refractivity contribution in [3.05, 3.63) is 65.7 Å². The maximum atomic E-state index is 13.0. The van der Waals surface area contributed by atoms with E-state index in [1.54, 1.807) is 31.3 Å². The summed E-state index contributed by atoms with van der Waals surface area (Å²) < 4.78 is 6.95. The van der Waals surface area contributed by atoms with Crippen molar-refractivity contribution in [1.82, 2.24) is 30.4 Å². The minimum absolute atomic E-state index is 0.140. The Balaban J connectivity index is 1.34. The molecule has 1 aromatic heterocycles. The van der Waals surface area contributed by atoms with Gasteiger partial charge in [-0.1, -0.05) is 42.1 Å². The number of ether oxygens (including phenoxy) is 1. The maximum absolute atomic E-state index is 13.0. The first-order valence-electron chi connectivity index (χ1n) is 11.0. The number of hydrogen-bond donors (Lipinski definition) is 2. The number of thioether (sulfide) groups is 1. The lowest BCUT2D eigenvalue weighted by Gasteiger charge is -2.31. The lowest BCUT2D eigenvalue weighted by molar-refractivity contribution is -0.113. The van der Waals surface area contributed by atoms with Gasteiger partial charge >= 0.3 is 0 Å². The predicted molar refractivity (Wildman–Crippen MR) is 129 cm³/mol. The van der Waals surface area contributed by atoms with Gasteiger partial charge < -0.3 is 15.4 Å². The molecule has 0 saturated carbocycles. The second kappa shape index (κ2) is 11.7. The van der Waals surface area contributed by atoms with Crippen LogP contribution in [0.2, 0.25) is 0 Å². The van der Waals surface area contributed by atoms with Crippen molar-refractivity contribution >= 4 is 29.3 Å². The number of anilines is 1. The fourth-order valence-electron chi connectivity index (χ4n) is 3.58. The topological polar surface area (TPSA) is 114 Å². The monoisotopic (exact) mass is 481 g/mol. The number of rotatable bonds is 9. The van der Waals surface area contributed by atoms with Crippen molar-refractivity contribution in [2.24, 2.45) is 7.05 Å². The molecule has 3 aromatic rings. The highest BCUT2D eigenvalue weighted by Gasteiger charge is 2.21. The van der Waals surface area contributed by atoms with Gasteiger partial charge in [-0.15, -0.1) is 5.10 Å². The summed E-state index contributed by atoms with van der Waals surface area (Å²) >= 11 is 1.25. The molecule has 11 heteroatoms. The van der Waals surface area contributed by atoms with Gasteiger partial charge in [-0.3, -0.25) is 14.5 Å². The van der Waals surface area contributed by atoms with Crippen LogP contribution >= 0.6 is 11.8 Å². The van der Waals surface area contributed by atoms with Gasteiger partial charge in [0.25, 0.3) is 5.91 Å². The van der Waals surface area contributed by atoms with Gasteiger partial charge in [0.15, 0.2) is 0 Å². The molecule has 2 amide bonds. The lowest BCUT2D eigenvalue weighted by atomic mass is 10.1. The first kappa shape index (κ1) is 23.9. The third-order valence-corrected chi connectivity index (χ3v) is 6.41. The van der Waals surface area contributed by atoms with Crippen LogP contribution in [0.1, 0.15) is 22.0 Å². The number of nitrogens with zero attached hydrogens (tertiary/aromatic N) is 5. The second-order valence-electron chi connectivity index (χ2n) is 7.85. The molecule has 2 N–H and O–H groups in total. The zero-order chi connectivity index (χ0) is 23.8. The minimum atomic E-state index is -0.181. The van der Waals surface area contributed by atoms with Crippen LogP contribution in [0.3, 0.4) is 0 Å². The van der Waals surface area contributed by atoms with E-state index in [1.807, 2.05) is 30.3 Å². The summed E-state index contributed by atoms with van der Waals surface area (Å²) in [5.74, 6) is -0.165. The second-order valence-corrected chi connectivity index (χ2v) is 8.79. The van der Waals surface area contributed by atoms with E-state index >= 15 is 0 Å². The molecule has 178 valence electrons. The summed E-state index contributed by atoms with van der Waals surface area (Å²) in [4.78, 5) is 27.5. The van der Waals surface area contributed by atoms with Crippen LogP contribution < -0.4 is 10.6 Å². The quantitative estimate of drug-likeness (QED) is 0.444. The SMILES string of the molecule is Cn1nnnc1SCC(=O)Nc1ccc(C(=O)NC(CN2CCOCC2)c2ccccc2)cc1. The molecule has 10 nitrogen and oxygen atoms in total. The third kappa shape index (κ3) is 6.62. The van der Waals surface area contributed by atoms with Crippen LogP contribution in [0.25, 0.3) is 0 Å². The highest BCUT2D eigenvalue weighted by Crippen LogP contribution is 2.18. The fraction of sp³-hybridized carbons (Fsp3) is 0.348. The number of aryl methyl sites for hydroxylation is 1. The van der Waals surface area contributed by atoms with Crippen LogP contribution in [0, 0.1) is 0 Å². The summed E-state index contributed by atoms with van der Waals surface area (Å²) in [6.45, 7) is 3.82. The molecule has 0 spiro atoms. The minimum Gasteiger partial charge on any atom is -0.379 e. The number of benzene rings is 2. The lowest BCUT2D eigenvalue weighted by Crippen LogP contribution is -2.43. The number of carbonyl (C=O) groups excluding carboxylic acids is 2. The van der Waals surface area contributed by atoms with Crippen LogP contribution in [0.5, 0.6) is 0 Å². The van der Waals surface area contributed by atoms with Gasteiger partial charge in [0, 0.05) is 37.9 Å². The number of amides is 2. The number of nitrogens with one attached hydrogen (secondary N) is 2. The average molecular weight is 482 g/mol. The highest BCUT2D eigenvalue weighted by atomic mass is 32.2. The summed E-state index contributed by atoms with van der Waals surface area (Å²) in [7, 11) is 1.72. The Kier molecular flexibility index (Phi) is 8.23. The van der Waals surface area contributed by atoms with E-state index in [1.165, 1.54) is 16.4 Å². The number of carbonyl (C=O) groups is 2. The first-order valence-corrected chi connectivity index (χ1v) is 12.0. The van der Waals surface area contributed by atoms with Crippen LogP contribution in [-0.2, 0) is 16.6 Å². The van der Waals surface area contributed by atoms with Crippen LogP contribution in [0.15, 0.2) is 59.8 Å². The highest BCUT2D eigenvalue weighted by molar-refractivity contribution is 7.99. The van der Waals surface area contributed by atoms with Gasteiger partial charge in [0.05, 0.1) is 25.0 Å². The molecule has 0 radical (unpaired) electrons. The van der Waals surface area contributed by atoms with Gasteiger partial charge in [-0.2, -0.15) is 0 Å². The number of aromatic nitrogens is 4. The fourth-order valence-corrected chi connectivity index (χ4v) is 4.23. The third-order valence-electron chi connectivity index (χ3n) is 5.40. The van der Waals surface area contributed by atoms with E-state index in [0.29, 0.717) is 36.2 Å². The van der Waals surface area contributed by atoms with E-state index in [2.05, 4.69) is 31.1 Å². The Morgan fingerprint density at radius 1 is 1.09 bits per heavy atom.